The van der Waals surface area contributed by atoms with Crippen LogP contribution in [0.3, 0.4) is 0 Å². The summed E-state index contributed by atoms with van der Waals surface area (Å²) in [5.41, 5.74) is 3.98. The molecule has 0 aromatic heterocycles. The van der Waals surface area contributed by atoms with Crippen LogP contribution in [-0.2, 0) is 21.4 Å². The number of esters is 1. The summed E-state index contributed by atoms with van der Waals surface area (Å²) in [6.07, 6.45) is 5.92. The van der Waals surface area contributed by atoms with E-state index in [1.54, 1.807) is 0 Å². The number of carbonyl (C=O) groups excluding carboxylic acids is 1. The van der Waals surface area contributed by atoms with Crippen molar-refractivity contribution in [1.29, 1.82) is 0 Å². The van der Waals surface area contributed by atoms with E-state index in [-0.39, 0.29) is 17.5 Å². The Morgan fingerprint density at radius 1 is 1.39 bits per heavy atom. The van der Waals surface area contributed by atoms with Crippen LogP contribution in [0, 0.1) is 0 Å². The van der Waals surface area contributed by atoms with Crippen molar-refractivity contribution in [1.82, 2.24) is 4.90 Å². The van der Waals surface area contributed by atoms with E-state index in [0.29, 0.717) is 11.8 Å². The molecule has 3 atom stereocenters. The van der Waals surface area contributed by atoms with Gasteiger partial charge in [-0.05, 0) is 49.7 Å². The highest BCUT2D eigenvalue weighted by molar-refractivity contribution is 5.69. The summed E-state index contributed by atoms with van der Waals surface area (Å²) in [5, 5.41) is 0. The fourth-order valence-corrected chi connectivity index (χ4v) is 5.00. The predicted molar refractivity (Wildman–Crippen MR) is 85.2 cm³/mol. The van der Waals surface area contributed by atoms with Crippen LogP contribution in [0.2, 0.25) is 0 Å². The lowest BCUT2D eigenvalue weighted by molar-refractivity contribution is -0.138. The number of piperidine rings is 1. The van der Waals surface area contributed by atoms with Gasteiger partial charge in [-0.15, -0.1) is 0 Å². The van der Waals surface area contributed by atoms with Gasteiger partial charge in [0.1, 0.15) is 11.5 Å². The molecule has 118 valence electrons. The van der Waals surface area contributed by atoms with E-state index in [9.17, 15) is 4.79 Å². The van der Waals surface area contributed by atoms with Gasteiger partial charge in [0.15, 0.2) is 6.10 Å². The van der Waals surface area contributed by atoms with Crippen molar-refractivity contribution in [3.05, 3.63) is 52.8 Å². The largest absolute Gasteiger partial charge is 0.481 e. The van der Waals surface area contributed by atoms with Gasteiger partial charge in [-0.1, -0.05) is 18.2 Å². The van der Waals surface area contributed by atoms with Crippen molar-refractivity contribution in [2.45, 2.75) is 37.3 Å². The second-order valence-corrected chi connectivity index (χ2v) is 6.99. The maximum atomic E-state index is 11.5. The maximum absolute atomic E-state index is 11.5. The average molecular weight is 309 g/mol. The highest BCUT2D eigenvalue weighted by atomic mass is 16.6. The molecular weight excluding hydrogens is 290 g/mol. The Morgan fingerprint density at radius 3 is 3.09 bits per heavy atom. The van der Waals surface area contributed by atoms with E-state index in [1.165, 1.54) is 23.6 Å². The third-order valence-electron chi connectivity index (χ3n) is 5.88. The van der Waals surface area contributed by atoms with Crippen LogP contribution >= 0.6 is 0 Å². The number of allylic oxidation sites excluding steroid dienone is 2. The number of nitrogens with zero attached hydrogens (tertiary/aromatic N) is 1. The van der Waals surface area contributed by atoms with Gasteiger partial charge < -0.3 is 9.47 Å². The van der Waals surface area contributed by atoms with Gasteiger partial charge in [-0.3, -0.25) is 9.69 Å². The van der Waals surface area contributed by atoms with Gasteiger partial charge in [-0.2, -0.15) is 0 Å². The fourth-order valence-electron chi connectivity index (χ4n) is 5.00. The summed E-state index contributed by atoms with van der Waals surface area (Å²) < 4.78 is 11.8. The normalized spacial score (nSPS) is 33.3. The molecular formula is C19H19NO3. The Hall–Kier alpha value is -2.07. The summed E-state index contributed by atoms with van der Waals surface area (Å²) in [5.74, 6) is 1.32. The third-order valence-corrected chi connectivity index (χ3v) is 5.88. The number of hydrogen-bond donors (Lipinski definition) is 0. The molecule has 1 unspecified atom stereocenters. The van der Waals surface area contributed by atoms with E-state index >= 15 is 0 Å². The second-order valence-electron chi connectivity index (χ2n) is 6.99. The summed E-state index contributed by atoms with van der Waals surface area (Å²) in [4.78, 5) is 13.9. The smallest absolute Gasteiger partial charge is 0.307 e. The molecule has 4 heteroatoms. The van der Waals surface area contributed by atoms with Crippen LogP contribution in [0.5, 0.6) is 5.75 Å². The quantitative estimate of drug-likeness (QED) is 0.746. The first-order chi connectivity index (χ1) is 11.1. The topological polar surface area (TPSA) is 38.8 Å². The third kappa shape index (κ3) is 1.52. The molecule has 1 spiro atoms. The van der Waals surface area contributed by atoms with Crippen molar-refractivity contribution >= 4 is 5.97 Å². The standard InChI is InChI=1S/C19H19NO3/c1-11(21)22-16-7-6-13-14-10-12-4-3-5-15-17(12)19(13,18(16)23-15)8-9-20(14)2/h3-7,14,18H,8-10H2,1-2H3/t14?,18-,19-/m0/s1. The number of likely N-dealkylation sites (N-methyl/N-ethyl adjacent to an activating group) is 1. The first kappa shape index (κ1) is 13.4. The lowest BCUT2D eigenvalue weighted by atomic mass is 9.57. The van der Waals surface area contributed by atoms with E-state index in [1.807, 2.05) is 12.1 Å². The van der Waals surface area contributed by atoms with Crippen molar-refractivity contribution in [3.8, 4) is 5.75 Å². The molecule has 2 heterocycles. The maximum Gasteiger partial charge on any atom is 0.307 e. The van der Waals surface area contributed by atoms with Crippen LogP contribution in [0.1, 0.15) is 24.5 Å². The minimum atomic E-state index is -0.287. The molecule has 1 aromatic carbocycles. The molecule has 1 aromatic rings. The molecule has 0 saturated carbocycles. The number of likely N-dealkylation sites (tertiary alicyclic amines) is 1. The molecule has 2 bridgehead atoms. The van der Waals surface area contributed by atoms with Crippen molar-refractivity contribution < 1.29 is 14.3 Å². The fraction of sp³-hybridized carbons (Fsp3) is 0.421. The Balaban J connectivity index is 1.77. The zero-order valence-corrected chi connectivity index (χ0v) is 13.3. The molecule has 1 saturated heterocycles. The second kappa shape index (κ2) is 4.26. The Kier molecular flexibility index (Phi) is 2.48. The summed E-state index contributed by atoms with van der Waals surface area (Å²) in [6, 6.07) is 6.75. The summed E-state index contributed by atoms with van der Waals surface area (Å²) >= 11 is 0. The van der Waals surface area contributed by atoms with E-state index in [2.05, 4.69) is 30.2 Å². The first-order valence-electron chi connectivity index (χ1n) is 8.21. The molecule has 0 N–H and O–H groups in total. The molecule has 2 aliphatic carbocycles. The van der Waals surface area contributed by atoms with Crippen LogP contribution in [-0.4, -0.2) is 36.6 Å². The minimum absolute atomic E-state index is 0.152. The molecule has 5 rings (SSSR count). The zero-order valence-electron chi connectivity index (χ0n) is 13.3. The van der Waals surface area contributed by atoms with Crippen molar-refractivity contribution in [3.63, 3.8) is 0 Å². The SMILES string of the molecule is CC(=O)OC1=CC=C2C3Cc4cccc5c4[C@@]2(CCN3C)[C@H]1O5. The summed E-state index contributed by atoms with van der Waals surface area (Å²) in [6.45, 7) is 2.48. The Morgan fingerprint density at radius 2 is 2.26 bits per heavy atom. The van der Waals surface area contributed by atoms with Gasteiger partial charge in [0.05, 0.1) is 5.41 Å². The van der Waals surface area contributed by atoms with Crippen LogP contribution in [0.15, 0.2) is 41.7 Å². The molecule has 23 heavy (non-hydrogen) atoms. The van der Waals surface area contributed by atoms with Gasteiger partial charge in [0, 0.05) is 18.5 Å². The number of rotatable bonds is 1. The van der Waals surface area contributed by atoms with E-state index < -0.39 is 0 Å². The zero-order chi connectivity index (χ0) is 15.8. The van der Waals surface area contributed by atoms with Crippen molar-refractivity contribution in [2.75, 3.05) is 13.6 Å². The Labute approximate surface area is 135 Å². The highest BCUT2D eigenvalue weighted by Crippen LogP contribution is 2.60. The van der Waals surface area contributed by atoms with Gasteiger partial charge >= 0.3 is 5.97 Å². The number of hydrogen-bond acceptors (Lipinski definition) is 4. The average Bonchev–Trinajstić information content (AvgIpc) is 2.86. The number of benzene rings is 1. The Bertz CT molecular complexity index is 794. The van der Waals surface area contributed by atoms with Gasteiger partial charge in [-0.25, -0.2) is 0 Å². The number of ether oxygens (including phenoxy) is 2. The molecule has 0 radical (unpaired) electrons. The molecule has 4 aliphatic rings. The number of carbonyl (C=O) groups is 1. The van der Waals surface area contributed by atoms with Crippen LogP contribution in [0.4, 0.5) is 0 Å². The molecule has 0 amide bonds. The van der Waals surface area contributed by atoms with E-state index in [0.717, 1.165) is 25.1 Å². The molecule has 2 aliphatic heterocycles. The summed E-state index contributed by atoms with van der Waals surface area (Å²) in [7, 11) is 2.20. The lowest BCUT2D eigenvalue weighted by Gasteiger charge is -2.52. The monoisotopic (exact) mass is 309 g/mol. The van der Waals surface area contributed by atoms with Crippen LogP contribution < -0.4 is 4.74 Å². The highest BCUT2D eigenvalue weighted by Gasteiger charge is 2.61. The van der Waals surface area contributed by atoms with Gasteiger partial charge in [0.25, 0.3) is 0 Å². The predicted octanol–water partition coefficient (Wildman–Crippen LogP) is 2.33. The van der Waals surface area contributed by atoms with Gasteiger partial charge in [0.2, 0.25) is 0 Å². The molecule has 4 nitrogen and oxygen atoms in total. The van der Waals surface area contributed by atoms with Crippen molar-refractivity contribution in [2.24, 2.45) is 0 Å². The van der Waals surface area contributed by atoms with Crippen LogP contribution in [0.25, 0.3) is 0 Å². The van der Waals surface area contributed by atoms with E-state index in [4.69, 9.17) is 9.47 Å². The minimum Gasteiger partial charge on any atom is -0.481 e. The molecule has 1 fully saturated rings. The first-order valence-corrected chi connectivity index (χ1v) is 8.21. The lowest BCUT2D eigenvalue weighted by Crippen LogP contribution is -2.58.